The highest BCUT2D eigenvalue weighted by Gasteiger charge is 2.07. The SMILES string of the molecule is Cc1ccncc1CNc1ccc(C(=O)N(C)C)cc1. The summed E-state index contributed by atoms with van der Waals surface area (Å²) in [6.45, 7) is 2.79. The second kappa shape index (κ2) is 6.19. The number of nitrogens with one attached hydrogen (secondary N) is 1. The average Bonchev–Trinajstić information content (AvgIpc) is 2.46. The molecule has 2 aromatic rings. The van der Waals surface area contributed by atoms with E-state index in [1.54, 1.807) is 25.2 Å². The third kappa shape index (κ3) is 3.35. The Morgan fingerprint density at radius 2 is 1.90 bits per heavy atom. The first-order valence-electron chi connectivity index (χ1n) is 6.53. The number of anilines is 1. The zero-order valence-corrected chi connectivity index (χ0v) is 12.1. The fourth-order valence-corrected chi connectivity index (χ4v) is 1.87. The summed E-state index contributed by atoms with van der Waals surface area (Å²) in [6, 6.07) is 9.50. The minimum absolute atomic E-state index is 0.0136. The molecule has 1 N–H and O–H groups in total. The van der Waals surface area contributed by atoms with E-state index in [-0.39, 0.29) is 5.91 Å². The van der Waals surface area contributed by atoms with Crippen LogP contribution in [0.2, 0.25) is 0 Å². The molecule has 4 heteroatoms. The number of carbonyl (C=O) groups is 1. The van der Waals surface area contributed by atoms with Gasteiger partial charge in [0.15, 0.2) is 0 Å². The van der Waals surface area contributed by atoms with Crippen molar-refractivity contribution >= 4 is 11.6 Å². The normalized spacial score (nSPS) is 10.2. The molecule has 1 aromatic carbocycles. The van der Waals surface area contributed by atoms with Crippen LogP contribution in [0.1, 0.15) is 21.5 Å². The summed E-state index contributed by atoms with van der Waals surface area (Å²) in [5.41, 5.74) is 4.06. The Bertz CT molecular complexity index is 591. The predicted octanol–water partition coefficient (Wildman–Crippen LogP) is 2.70. The van der Waals surface area contributed by atoms with Gasteiger partial charge in [-0.3, -0.25) is 9.78 Å². The Morgan fingerprint density at radius 3 is 2.50 bits per heavy atom. The van der Waals surface area contributed by atoms with Crippen molar-refractivity contribution in [1.29, 1.82) is 0 Å². The van der Waals surface area contributed by atoms with Gasteiger partial charge >= 0.3 is 0 Å². The molecule has 0 saturated carbocycles. The van der Waals surface area contributed by atoms with Gasteiger partial charge in [0, 0.05) is 44.3 Å². The standard InChI is InChI=1S/C16H19N3O/c1-12-8-9-17-10-14(12)11-18-15-6-4-13(5-7-15)16(20)19(2)3/h4-10,18H,11H2,1-3H3. The number of carbonyl (C=O) groups excluding carboxylic acids is 1. The van der Waals surface area contributed by atoms with Crippen LogP contribution in [0.3, 0.4) is 0 Å². The highest BCUT2D eigenvalue weighted by atomic mass is 16.2. The number of benzene rings is 1. The van der Waals surface area contributed by atoms with Gasteiger partial charge in [0.05, 0.1) is 0 Å². The highest BCUT2D eigenvalue weighted by Crippen LogP contribution is 2.13. The van der Waals surface area contributed by atoms with Crippen LogP contribution in [-0.4, -0.2) is 29.9 Å². The van der Waals surface area contributed by atoms with Crippen LogP contribution < -0.4 is 5.32 Å². The second-order valence-electron chi connectivity index (χ2n) is 4.93. The van der Waals surface area contributed by atoms with E-state index in [1.807, 2.05) is 36.5 Å². The summed E-state index contributed by atoms with van der Waals surface area (Å²) in [4.78, 5) is 17.5. The number of amides is 1. The van der Waals surface area contributed by atoms with Crippen LogP contribution in [0, 0.1) is 6.92 Å². The van der Waals surface area contributed by atoms with Crippen LogP contribution in [-0.2, 0) is 6.54 Å². The van der Waals surface area contributed by atoms with Crippen LogP contribution in [0.25, 0.3) is 0 Å². The van der Waals surface area contributed by atoms with E-state index in [0.29, 0.717) is 5.56 Å². The van der Waals surface area contributed by atoms with Crippen molar-refractivity contribution in [2.24, 2.45) is 0 Å². The topological polar surface area (TPSA) is 45.2 Å². The maximum Gasteiger partial charge on any atom is 0.253 e. The summed E-state index contributed by atoms with van der Waals surface area (Å²) < 4.78 is 0. The van der Waals surface area contributed by atoms with Crippen molar-refractivity contribution in [3.8, 4) is 0 Å². The van der Waals surface area contributed by atoms with E-state index >= 15 is 0 Å². The summed E-state index contributed by atoms with van der Waals surface area (Å²) in [5.74, 6) is 0.0136. The summed E-state index contributed by atoms with van der Waals surface area (Å²) in [7, 11) is 3.50. The Hall–Kier alpha value is -2.36. The number of aromatic nitrogens is 1. The first kappa shape index (κ1) is 14.1. The van der Waals surface area contributed by atoms with Gasteiger partial charge in [-0.25, -0.2) is 0 Å². The van der Waals surface area contributed by atoms with Crippen molar-refractivity contribution < 1.29 is 4.79 Å². The van der Waals surface area contributed by atoms with Gasteiger partial charge in [0.2, 0.25) is 0 Å². The van der Waals surface area contributed by atoms with Gasteiger partial charge in [-0.2, -0.15) is 0 Å². The minimum Gasteiger partial charge on any atom is -0.381 e. The van der Waals surface area contributed by atoms with Crippen molar-refractivity contribution in [2.75, 3.05) is 19.4 Å². The van der Waals surface area contributed by atoms with E-state index < -0.39 is 0 Å². The monoisotopic (exact) mass is 269 g/mol. The Labute approximate surface area is 119 Å². The summed E-state index contributed by atoms with van der Waals surface area (Å²) >= 11 is 0. The molecule has 1 aromatic heterocycles. The van der Waals surface area contributed by atoms with Gasteiger partial charge in [-0.1, -0.05) is 0 Å². The number of nitrogens with zero attached hydrogens (tertiary/aromatic N) is 2. The molecule has 4 nitrogen and oxygen atoms in total. The molecule has 0 radical (unpaired) electrons. The number of hydrogen-bond donors (Lipinski definition) is 1. The van der Waals surface area contributed by atoms with Crippen LogP contribution in [0.5, 0.6) is 0 Å². The van der Waals surface area contributed by atoms with E-state index in [1.165, 1.54) is 11.1 Å². The van der Waals surface area contributed by atoms with Crippen LogP contribution in [0.15, 0.2) is 42.7 Å². The molecule has 20 heavy (non-hydrogen) atoms. The maximum absolute atomic E-state index is 11.8. The van der Waals surface area contributed by atoms with Crippen LogP contribution >= 0.6 is 0 Å². The quantitative estimate of drug-likeness (QED) is 0.928. The van der Waals surface area contributed by atoms with Gasteiger partial charge in [0.25, 0.3) is 5.91 Å². The fourth-order valence-electron chi connectivity index (χ4n) is 1.87. The molecular formula is C16H19N3O. The molecule has 0 atom stereocenters. The molecule has 0 aliphatic carbocycles. The zero-order chi connectivity index (χ0) is 14.5. The molecular weight excluding hydrogens is 250 g/mol. The van der Waals surface area contributed by atoms with Crippen molar-refractivity contribution in [1.82, 2.24) is 9.88 Å². The molecule has 0 unspecified atom stereocenters. The van der Waals surface area contributed by atoms with E-state index in [9.17, 15) is 4.79 Å². The Kier molecular flexibility index (Phi) is 4.35. The van der Waals surface area contributed by atoms with Gasteiger partial charge in [-0.05, 0) is 48.4 Å². The van der Waals surface area contributed by atoms with Crippen molar-refractivity contribution in [2.45, 2.75) is 13.5 Å². The molecule has 2 rings (SSSR count). The molecule has 1 heterocycles. The minimum atomic E-state index is 0.0136. The Balaban J connectivity index is 2.01. The summed E-state index contributed by atoms with van der Waals surface area (Å²) in [6.07, 6.45) is 3.66. The average molecular weight is 269 g/mol. The van der Waals surface area contributed by atoms with Crippen molar-refractivity contribution in [3.05, 3.63) is 59.4 Å². The van der Waals surface area contributed by atoms with Gasteiger partial charge < -0.3 is 10.2 Å². The molecule has 0 fully saturated rings. The maximum atomic E-state index is 11.8. The predicted molar refractivity (Wildman–Crippen MR) is 80.8 cm³/mol. The lowest BCUT2D eigenvalue weighted by molar-refractivity contribution is 0.0827. The van der Waals surface area contributed by atoms with Gasteiger partial charge in [-0.15, -0.1) is 0 Å². The Morgan fingerprint density at radius 1 is 1.20 bits per heavy atom. The molecule has 0 spiro atoms. The number of hydrogen-bond acceptors (Lipinski definition) is 3. The molecule has 0 aliphatic heterocycles. The van der Waals surface area contributed by atoms with E-state index in [2.05, 4.69) is 17.2 Å². The van der Waals surface area contributed by atoms with Crippen molar-refractivity contribution in [3.63, 3.8) is 0 Å². The molecule has 0 aliphatic rings. The zero-order valence-electron chi connectivity index (χ0n) is 12.1. The first-order chi connectivity index (χ1) is 9.58. The molecule has 0 bridgehead atoms. The smallest absolute Gasteiger partial charge is 0.253 e. The molecule has 1 amide bonds. The van der Waals surface area contributed by atoms with E-state index in [0.717, 1.165) is 12.2 Å². The number of aryl methyl sites for hydroxylation is 1. The fraction of sp³-hybridized carbons (Fsp3) is 0.250. The molecule has 0 saturated heterocycles. The lowest BCUT2D eigenvalue weighted by atomic mass is 10.1. The largest absolute Gasteiger partial charge is 0.381 e. The molecule has 104 valence electrons. The van der Waals surface area contributed by atoms with Crippen LogP contribution in [0.4, 0.5) is 5.69 Å². The first-order valence-corrected chi connectivity index (χ1v) is 6.53. The second-order valence-corrected chi connectivity index (χ2v) is 4.93. The lowest BCUT2D eigenvalue weighted by Crippen LogP contribution is -2.21. The van der Waals surface area contributed by atoms with Gasteiger partial charge in [0.1, 0.15) is 0 Å². The third-order valence-corrected chi connectivity index (χ3v) is 3.17. The third-order valence-electron chi connectivity index (χ3n) is 3.17. The van der Waals surface area contributed by atoms with E-state index in [4.69, 9.17) is 0 Å². The lowest BCUT2D eigenvalue weighted by Gasteiger charge is -2.12. The summed E-state index contributed by atoms with van der Waals surface area (Å²) in [5, 5.41) is 3.33. The number of rotatable bonds is 4. The number of pyridine rings is 1. The highest BCUT2D eigenvalue weighted by molar-refractivity contribution is 5.94.